The van der Waals surface area contributed by atoms with Gasteiger partial charge in [0.15, 0.2) is 6.61 Å². The predicted octanol–water partition coefficient (Wildman–Crippen LogP) is 4.02. The number of benzene rings is 2. The van der Waals surface area contributed by atoms with Crippen LogP contribution in [0.3, 0.4) is 0 Å². The maximum Gasteiger partial charge on any atom is 0.261 e. The molecule has 6 heteroatoms. The summed E-state index contributed by atoms with van der Waals surface area (Å²) < 4.78 is 11.0. The van der Waals surface area contributed by atoms with Gasteiger partial charge in [0, 0.05) is 12.1 Å². The van der Waals surface area contributed by atoms with Gasteiger partial charge in [-0.2, -0.15) is 0 Å². The maximum atomic E-state index is 13.1. The molecule has 2 amide bonds. The number of hydrogen-bond donors (Lipinski definition) is 1. The molecule has 1 atom stereocenters. The average molecular weight is 427 g/mol. The number of rotatable bonds is 8. The highest BCUT2D eigenvalue weighted by atomic mass is 16.5. The summed E-state index contributed by atoms with van der Waals surface area (Å²) in [5.41, 5.74) is 2.64. The summed E-state index contributed by atoms with van der Waals surface area (Å²) in [7, 11) is 1.61. The Labute approximate surface area is 185 Å². The Morgan fingerprint density at radius 2 is 1.58 bits per heavy atom. The second kappa shape index (κ2) is 10.3. The van der Waals surface area contributed by atoms with Gasteiger partial charge in [0.05, 0.1) is 7.11 Å². The van der Waals surface area contributed by atoms with E-state index in [0.717, 1.165) is 22.4 Å². The molecule has 2 aromatic carbocycles. The number of methoxy groups -OCH3 is 1. The SMILES string of the molecule is COc1ccc(CN(C(=O)COc2cc(C)cc(C)c2)[C@@H](C)C(=O)NC(C)(C)C)cc1. The summed E-state index contributed by atoms with van der Waals surface area (Å²) >= 11 is 0. The van der Waals surface area contributed by atoms with E-state index in [4.69, 9.17) is 9.47 Å². The predicted molar refractivity (Wildman–Crippen MR) is 122 cm³/mol. The second-order valence-electron chi connectivity index (χ2n) is 8.90. The molecule has 0 unspecified atom stereocenters. The van der Waals surface area contributed by atoms with Crippen LogP contribution < -0.4 is 14.8 Å². The van der Waals surface area contributed by atoms with E-state index in [-0.39, 0.29) is 25.0 Å². The van der Waals surface area contributed by atoms with Gasteiger partial charge < -0.3 is 19.7 Å². The van der Waals surface area contributed by atoms with Gasteiger partial charge in [0.1, 0.15) is 17.5 Å². The van der Waals surface area contributed by atoms with Gasteiger partial charge in [0.2, 0.25) is 5.91 Å². The van der Waals surface area contributed by atoms with Crippen molar-refractivity contribution in [2.75, 3.05) is 13.7 Å². The van der Waals surface area contributed by atoms with Crippen LogP contribution >= 0.6 is 0 Å². The summed E-state index contributed by atoms with van der Waals surface area (Å²) in [6, 6.07) is 12.6. The monoisotopic (exact) mass is 426 g/mol. The molecule has 2 aromatic rings. The number of amides is 2. The Kier molecular flexibility index (Phi) is 8.08. The van der Waals surface area contributed by atoms with Crippen LogP contribution in [0.2, 0.25) is 0 Å². The highest BCUT2D eigenvalue weighted by Gasteiger charge is 2.28. The normalized spacial score (nSPS) is 12.1. The zero-order valence-electron chi connectivity index (χ0n) is 19.6. The van der Waals surface area contributed by atoms with Gasteiger partial charge in [-0.15, -0.1) is 0 Å². The first kappa shape index (κ1) is 24.3. The number of nitrogens with one attached hydrogen (secondary N) is 1. The van der Waals surface area contributed by atoms with Gasteiger partial charge in [-0.1, -0.05) is 18.2 Å². The van der Waals surface area contributed by atoms with Crippen LogP contribution in [0, 0.1) is 13.8 Å². The van der Waals surface area contributed by atoms with E-state index in [9.17, 15) is 9.59 Å². The standard InChI is InChI=1S/C25H34N2O4/c1-17-12-18(2)14-22(13-17)31-16-23(28)27(19(3)24(29)26-25(4,5)6)15-20-8-10-21(30-7)11-9-20/h8-14,19H,15-16H2,1-7H3,(H,26,29)/t19-/m0/s1. The summed E-state index contributed by atoms with van der Waals surface area (Å²) in [6.07, 6.45) is 0. The third-order valence-electron chi connectivity index (χ3n) is 4.73. The minimum Gasteiger partial charge on any atom is -0.497 e. The second-order valence-corrected chi connectivity index (χ2v) is 8.90. The highest BCUT2D eigenvalue weighted by Crippen LogP contribution is 2.18. The van der Waals surface area contributed by atoms with Crippen molar-refractivity contribution in [3.63, 3.8) is 0 Å². The molecule has 0 fully saturated rings. The van der Waals surface area contributed by atoms with E-state index in [1.807, 2.05) is 77.1 Å². The largest absolute Gasteiger partial charge is 0.497 e. The third kappa shape index (κ3) is 7.63. The summed E-state index contributed by atoms with van der Waals surface area (Å²) in [6.45, 7) is 11.6. The molecular formula is C25H34N2O4. The third-order valence-corrected chi connectivity index (χ3v) is 4.73. The van der Waals surface area contributed by atoms with Gasteiger partial charge in [-0.3, -0.25) is 9.59 Å². The van der Waals surface area contributed by atoms with E-state index in [1.54, 1.807) is 18.9 Å². The van der Waals surface area contributed by atoms with E-state index >= 15 is 0 Å². The van der Waals surface area contributed by atoms with Crippen LogP contribution in [0.15, 0.2) is 42.5 Å². The lowest BCUT2D eigenvalue weighted by Crippen LogP contribution is -2.53. The molecule has 0 saturated carbocycles. The molecule has 0 heterocycles. The maximum absolute atomic E-state index is 13.1. The Balaban J connectivity index is 2.19. The fraction of sp³-hybridized carbons (Fsp3) is 0.440. The smallest absolute Gasteiger partial charge is 0.261 e. The van der Waals surface area contributed by atoms with Crippen LogP contribution in [0.4, 0.5) is 0 Å². The first-order valence-corrected chi connectivity index (χ1v) is 10.4. The van der Waals surface area contributed by atoms with Crippen molar-refractivity contribution in [3.05, 3.63) is 59.2 Å². The molecule has 0 spiro atoms. The number of hydrogen-bond acceptors (Lipinski definition) is 4. The van der Waals surface area contributed by atoms with E-state index in [0.29, 0.717) is 5.75 Å². The van der Waals surface area contributed by atoms with Crippen molar-refractivity contribution in [3.8, 4) is 11.5 Å². The van der Waals surface area contributed by atoms with Crippen molar-refractivity contribution in [2.24, 2.45) is 0 Å². The quantitative estimate of drug-likeness (QED) is 0.692. The summed E-state index contributed by atoms with van der Waals surface area (Å²) in [4.78, 5) is 27.5. The van der Waals surface area contributed by atoms with Gasteiger partial charge in [-0.25, -0.2) is 0 Å². The first-order valence-electron chi connectivity index (χ1n) is 10.4. The van der Waals surface area contributed by atoms with Crippen molar-refractivity contribution < 1.29 is 19.1 Å². The van der Waals surface area contributed by atoms with Crippen molar-refractivity contribution in [1.82, 2.24) is 10.2 Å². The number of aryl methyl sites for hydroxylation is 2. The lowest BCUT2D eigenvalue weighted by Gasteiger charge is -2.31. The van der Waals surface area contributed by atoms with Crippen molar-refractivity contribution >= 4 is 11.8 Å². The lowest BCUT2D eigenvalue weighted by molar-refractivity contribution is -0.142. The molecule has 0 saturated heterocycles. The minimum absolute atomic E-state index is 0.147. The lowest BCUT2D eigenvalue weighted by atomic mass is 10.1. The Morgan fingerprint density at radius 1 is 1.00 bits per heavy atom. The number of ether oxygens (including phenoxy) is 2. The Morgan fingerprint density at radius 3 is 2.10 bits per heavy atom. The highest BCUT2D eigenvalue weighted by molar-refractivity contribution is 5.88. The Bertz CT molecular complexity index is 880. The molecule has 0 bridgehead atoms. The zero-order chi connectivity index (χ0) is 23.2. The van der Waals surface area contributed by atoms with E-state index in [2.05, 4.69) is 5.32 Å². The minimum atomic E-state index is -0.656. The van der Waals surface area contributed by atoms with Gasteiger partial charge in [0.25, 0.3) is 5.91 Å². The zero-order valence-corrected chi connectivity index (χ0v) is 19.6. The molecule has 0 aliphatic heterocycles. The summed E-state index contributed by atoms with van der Waals surface area (Å²) in [5.74, 6) is 0.910. The molecule has 0 radical (unpaired) electrons. The number of carbonyl (C=O) groups is 2. The van der Waals surface area contributed by atoms with Gasteiger partial charge >= 0.3 is 0 Å². The molecule has 1 N–H and O–H groups in total. The fourth-order valence-corrected chi connectivity index (χ4v) is 3.23. The van der Waals surface area contributed by atoms with E-state index in [1.165, 1.54) is 0 Å². The Hall–Kier alpha value is -3.02. The summed E-state index contributed by atoms with van der Waals surface area (Å²) in [5, 5.41) is 2.95. The molecule has 0 aliphatic carbocycles. The molecule has 2 rings (SSSR count). The molecular weight excluding hydrogens is 392 g/mol. The molecule has 0 aliphatic rings. The van der Waals surface area contributed by atoms with Crippen LogP contribution in [0.1, 0.15) is 44.4 Å². The molecule has 168 valence electrons. The van der Waals surface area contributed by atoms with Gasteiger partial charge in [-0.05, 0) is 82.5 Å². The molecule has 31 heavy (non-hydrogen) atoms. The van der Waals surface area contributed by atoms with Crippen molar-refractivity contribution in [1.29, 1.82) is 0 Å². The van der Waals surface area contributed by atoms with Crippen LogP contribution in [0.25, 0.3) is 0 Å². The van der Waals surface area contributed by atoms with Crippen LogP contribution in [0.5, 0.6) is 11.5 Å². The molecule has 0 aromatic heterocycles. The fourth-order valence-electron chi connectivity index (χ4n) is 3.23. The van der Waals surface area contributed by atoms with Crippen molar-refractivity contribution in [2.45, 2.75) is 59.7 Å². The van der Waals surface area contributed by atoms with E-state index < -0.39 is 11.6 Å². The van der Waals surface area contributed by atoms with Crippen LogP contribution in [-0.4, -0.2) is 42.0 Å². The topological polar surface area (TPSA) is 67.9 Å². The first-order chi connectivity index (χ1) is 14.5. The average Bonchev–Trinajstić information content (AvgIpc) is 2.68. The molecule has 6 nitrogen and oxygen atoms in total. The number of carbonyl (C=O) groups excluding carboxylic acids is 2. The number of nitrogens with zero attached hydrogens (tertiary/aromatic N) is 1. The van der Waals surface area contributed by atoms with Crippen LogP contribution in [-0.2, 0) is 16.1 Å².